The fourth-order valence-electron chi connectivity index (χ4n) is 4.17. The van der Waals surface area contributed by atoms with Crippen molar-refractivity contribution in [2.45, 2.75) is 45.7 Å². The number of amides is 2. The number of nitrogens with zero attached hydrogens (tertiary/aromatic N) is 1. The summed E-state index contributed by atoms with van der Waals surface area (Å²) in [5.41, 5.74) is 1.99. The molecule has 0 aromatic heterocycles. The molecule has 2 amide bonds. The lowest BCUT2D eigenvalue weighted by atomic mass is 9.87. The first-order valence-corrected chi connectivity index (χ1v) is 11.5. The van der Waals surface area contributed by atoms with E-state index in [9.17, 15) is 19.1 Å². The van der Waals surface area contributed by atoms with Crippen molar-refractivity contribution in [3.8, 4) is 5.75 Å². The molecule has 0 saturated carbocycles. The number of rotatable bonds is 9. The van der Waals surface area contributed by atoms with Crippen LogP contribution < -0.4 is 20.3 Å². The van der Waals surface area contributed by atoms with Crippen LogP contribution in [0.3, 0.4) is 0 Å². The fourth-order valence-corrected chi connectivity index (χ4v) is 4.17. The quantitative estimate of drug-likeness (QED) is 0.523. The maximum absolute atomic E-state index is 13.5. The largest absolute Gasteiger partial charge is 0.497 e. The molecule has 0 radical (unpaired) electrons. The number of hydrogen-bond acceptors (Lipinski definition) is 5. The number of aliphatic hydroxyl groups is 1. The smallest absolute Gasteiger partial charge is 0.252 e. The number of fused-ring (bicyclic) bond motifs is 1. The number of anilines is 1. The van der Waals surface area contributed by atoms with Gasteiger partial charge in [0.1, 0.15) is 17.6 Å². The van der Waals surface area contributed by atoms with Crippen molar-refractivity contribution >= 4 is 17.5 Å². The molecule has 2 atom stereocenters. The molecule has 1 aliphatic rings. The normalized spacial score (nSPS) is 14.8. The average Bonchev–Trinajstić information content (AvgIpc) is 3.18. The Morgan fingerprint density at radius 2 is 1.94 bits per heavy atom. The van der Waals surface area contributed by atoms with Gasteiger partial charge in [-0.15, -0.1) is 0 Å². The van der Waals surface area contributed by atoms with E-state index < -0.39 is 12.1 Å². The molecule has 0 fully saturated rings. The molecule has 0 bridgehead atoms. The Kier molecular flexibility index (Phi) is 8.15. The van der Waals surface area contributed by atoms with Gasteiger partial charge in [-0.2, -0.15) is 0 Å². The minimum atomic E-state index is -0.785. The minimum Gasteiger partial charge on any atom is -0.497 e. The first kappa shape index (κ1) is 25.5. The van der Waals surface area contributed by atoms with Crippen molar-refractivity contribution in [3.63, 3.8) is 0 Å². The maximum Gasteiger partial charge on any atom is 0.252 e. The van der Waals surface area contributed by atoms with Gasteiger partial charge in [0.25, 0.3) is 5.91 Å². The molecule has 0 saturated heterocycles. The van der Waals surface area contributed by atoms with E-state index in [2.05, 4.69) is 10.6 Å². The summed E-state index contributed by atoms with van der Waals surface area (Å²) in [6, 6.07) is 10.1. The van der Waals surface area contributed by atoms with Crippen LogP contribution in [0.4, 0.5) is 10.1 Å². The number of halogens is 1. The lowest BCUT2D eigenvalue weighted by molar-refractivity contribution is -0.124. The van der Waals surface area contributed by atoms with Gasteiger partial charge in [0.2, 0.25) is 5.91 Å². The van der Waals surface area contributed by atoms with Crippen LogP contribution in [0.15, 0.2) is 42.5 Å². The number of carbonyl (C=O) groups excluding carboxylic acids is 2. The van der Waals surface area contributed by atoms with E-state index in [-0.39, 0.29) is 29.7 Å². The topological polar surface area (TPSA) is 90.9 Å². The van der Waals surface area contributed by atoms with Crippen LogP contribution in [0, 0.1) is 11.2 Å². The zero-order valence-electron chi connectivity index (χ0n) is 20.2. The highest BCUT2D eigenvalue weighted by molar-refractivity contribution is 5.97. The van der Waals surface area contributed by atoms with E-state index >= 15 is 0 Å². The Labute approximate surface area is 200 Å². The molecule has 1 aliphatic heterocycles. The second-order valence-electron chi connectivity index (χ2n) is 9.88. The zero-order chi connectivity index (χ0) is 24.9. The molecular weight excluding hydrogens is 437 g/mol. The second kappa shape index (κ2) is 10.9. The molecule has 0 spiro atoms. The molecule has 7 nitrogen and oxygen atoms in total. The lowest BCUT2D eigenvalue weighted by Crippen LogP contribution is -2.54. The molecule has 3 N–H and O–H groups in total. The van der Waals surface area contributed by atoms with Crippen LogP contribution in [0.2, 0.25) is 0 Å². The Hall–Kier alpha value is -3.13. The van der Waals surface area contributed by atoms with Gasteiger partial charge in [0.15, 0.2) is 0 Å². The number of benzene rings is 2. The minimum absolute atomic E-state index is 0.226. The third kappa shape index (κ3) is 6.70. The summed E-state index contributed by atoms with van der Waals surface area (Å²) in [5, 5.41) is 15.7. The Morgan fingerprint density at radius 3 is 2.62 bits per heavy atom. The van der Waals surface area contributed by atoms with Gasteiger partial charge in [-0.3, -0.25) is 9.59 Å². The highest BCUT2D eigenvalue weighted by Crippen LogP contribution is 2.28. The highest BCUT2D eigenvalue weighted by atomic mass is 19.1. The molecule has 2 aromatic carbocycles. The van der Waals surface area contributed by atoms with Gasteiger partial charge >= 0.3 is 0 Å². The van der Waals surface area contributed by atoms with E-state index in [1.165, 1.54) is 19.2 Å². The van der Waals surface area contributed by atoms with Crippen molar-refractivity contribution < 1.29 is 23.8 Å². The van der Waals surface area contributed by atoms with E-state index in [4.69, 9.17) is 4.74 Å². The molecule has 1 unspecified atom stereocenters. The Bertz CT molecular complexity index is 1020. The number of aliphatic hydroxyl groups excluding tert-OH is 1. The van der Waals surface area contributed by atoms with Crippen LogP contribution in [0.1, 0.15) is 43.1 Å². The summed E-state index contributed by atoms with van der Waals surface area (Å²) >= 11 is 0. The third-order valence-electron chi connectivity index (χ3n) is 5.81. The van der Waals surface area contributed by atoms with Gasteiger partial charge in [0, 0.05) is 24.3 Å². The van der Waals surface area contributed by atoms with Gasteiger partial charge in [-0.25, -0.2) is 4.39 Å². The van der Waals surface area contributed by atoms with Crippen LogP contribution in [-0.4, -0.2) is 55.8 Å². The Balaban J connectivity index is 1.69. The number of nitrogens with one attached hydrogen (secondary N) is 2. The molecule has 3 rings (SSSR count). The zero-order valence-corrected chi connectivity index (χ0v) is 20.2. The molecule has 1 heterocycles. The van der Waals surface area contributed by atoms with Gasteiger partial charge in [0.05, 0.1) is 19.8 Å². The molecule has 0 aliphatic carbocycles. The molecule has 34 heavy (non-hydrogen) atoms. The monoisotopic (exact) mass is 471 g/mol. The predicted molar refractivity (Wildman–Crippen MR) is 130 cm³/mol. The highest BCUT2D eigenvalue weighted by Gasteiger charge is 2.30. The summed E-state index contributed by atoms with van der Waals surface area (Å²) in [6.07, 6.45) is 1.13. The predicted octanol–water partition coefficient (Wildman–Crippen LogP) is 2.91. The lowest BCUT2D eigenvalue weighted by Gasteiger charge is -2.30. The summed E-state index contributed by atoms with van der Waals surface area (Å²) in [6.45, 7) is 6.79. The van der Waals surface area contributed by atoms with Crippen molar-refractivity contribution in [1.82, 2.24) is 10.6 Å². The summed E-state index contributed by atoms with van der Waals surface area (Å²) in [4.78, 5) is 28.1. The Morgan fingerprint density at radius 1 is 1.18 bits per heavy atom. The van der Waals surface area contributed by atoms with Gasteiger partial charge in [-0.05, 0) is 60.2 Å². The van der Waals surface area contributed by atoms with Crippen molar-refractivity contribution in [1.29, 1.82) is 0 Å². The summed E-state index contributed by atoms with van der Waals surface area (Å²) < 4.78 is 18.7. The third-order valence-corrected chi connectivity index (χ3v) is 5.81. The van der Waals surface area contributed by atoms with E-state index in [1.54, 1.807) is 30.3 Å². The van der Waals surface area contributed by atoms with E-state index in [0.29, 0.717) is 37.2 Å². The number of hydrogen-bond donors (Lipinski definition) is 3. The van der Waals surface area contributed by atoms with Crippen LogP contribution in [-0.2, 0) is 11.2 Å². The fraction of sp³-hybridized carbons (Fsp3) is 0.462. The first-order valence-electron chi connectivity index (χ1n) is 11.5. The van der Waals surface area contributed by atoms with Crippen LogP contribution >= 0.6 is 0 Å². The second-order valence-corrected chi connectivity index (χ2v) is 9.88. The molecule has 184 valence electrons. The number of methoxy groups -OCH3 is 1. The number of carbonyl (C=O) groups is 2. The first-order chi connectivity index (χ1) is 16.1. The van der Waals surface area contributed by atoms with Crippen molar-refractivity contribution in [2.24, 2.45) is 5.41 Å². The molecule has 2 aromatic rings. The average molecular weight is 472 g/mol. The van der Waals surface area contributed by atoms with Crippen LogP contribution in [0.5, 0.6) is 5.75 Å². The standard InChI is InChI=1S/C26H34FN3O4/c1-26(2,3)14-22(29-24(32)18-6-5-7-21(13-18)34-4)25(33)28-20(16-31)15-30-11-10-17-12-19(27)8-9-23(17)30/h5-9,12-13,20,22,31H,10-11,14-16H2,1-4H3,(H,28,33)(H,29,32)/t20-,22?/m0/s1. The van der Waals surface area contributed by atoms with E-state index in [0.717, 1.165) is 11.3 Å². The van der Waals surface area contributed by atoms with Gasteiger partial charge < -0.3 is 25.4 Å². The van der Waals surface area contributed by atoms with Crippen molar-refractivity contribution in [3.05, 3.63) is 59.4 Å². The van der Waals surface area contributed by atoms with Crippen molar-refractivity contribution in [2.75, 3.05) is 31.7 Å². The molecular formula is C26H34FN3O4. The molecule has 8 heteroatoms. The van der Waals surface area contributed by atoms with Crippen LogP contribution in [0.25, 0.3) is 0 Å². The summed E-state index contributed by atoms with van der Waals surface area (Å²) in [7, 11) is 1.52. The van der Waals surface area contributed by atoms with E-state index in [1.807, 2.05) is 25.7 Å². The SMILES string of the molecule is COc1cccc(C(=O)NC(CC(C)(C)C)C(=O)N[C@H](CO)CN2CCc3cc(F)ccc32)c1. The van der Waals surface area contributed by atoms with Gasteiger partial charge in [-0.1, -0.05) is 26.8 Å². The number of ether oxygens (including phenoxy) is 1. The summed E-state index contributed by atoms with van der Waals surface area (Å²) in [5.74, 6) is -0.455. The maximum atomic E-state index is 13.5.